The Morgan fingerprint density at radius 3 is 2.71 bits per heavy atom. The van der Waals surface area contributed by atoms with E-state index in [4.69, 9.17) is 0 Å². The molecule has 0 bridgehead atoms. The van der Waals surface area contributed by atoms with Crippen LogP contribution in [0.4, 0.5) is 5.69 Å². The van der Waals surface area contributed by atoms with E-state index in [1.807, 2.05) is 6.92 Å². The second-order valence-corrected chi connectivity index (χ2v) is 4.30. The first-order chi connectivity index (χ1) is 10.1. The number of nitro benzene ring substituents is 1. The Kier molecular flexibility index (Phi) is 4.55. The van der Waals surface area contributed by atoms with Crippen molar-refractivity contribution < 1.29 is 9.72 Å². The average Bonchev–Trinajstić information content (AvgIpc) is 2.53. The number of rotatable bonds is 5. The van der Waals surface area contributed by atoms with Gasteiger partial charge in [-0.1, -0.05) is 18.2 Å². The van der Waals surface area contributed by atoms with Crippen molar-refractivity contribution in [1.29, 1.82) is 0 Å². The quantitative estimate of drug-likeness (QED) is 0.620. The third-order valence-electron chi connectivity index (χ3n) is 3.00. The van der Waals surface area contributed by atoms with Gasteiger partial charge >= 0.3 is 0 Å². The van der Waals surface area contributed by atoms with E-state index in [9.17, 15) is 14.9 Å². The van der Waals surface area contributed by atoms with E-state index in [2.05, 4.69) is 9.97 Å². The molecule has 2 aromatic rings. The van der Waals surface area contributed by atoms with E-state index >= 15 is 0 Å². The summed E-state index contributed by atoms with van der Waals surface area (Å²) in [5.74, 6) is -0.302. The molecule has 0 unspecified atom stereocenters. The summed E-state index contributed by atoms with van der Waals surface area (Å²) in [4.78, 5) is 32.2. The molecule has 0 atom stereocenters. The van der Waals surface area contributed by atoms with Crippen LogP contribution < -0.4 is 0 Å². The van der Waals surface area contributed by atoms with E-state index in [-0.39, 0.29) is 23.8 Å². The van der Waals surface area contributed by atoms with Crippen LogP contribution in [0.2, 0.25) is 0 Å². The Morgan fingerprint density at radius 1 is 1.33 bits per heavy atom. The van der Waals surface area contributed by atoms with Gasteiger partial charge in [0.1, 0.15) is 5.69 Å². The number of nitrogens with zero attached hydrogens (tertiary/aromatic N) is 4. The summed E-state index contributed by atoms with van der Waals surface area (Å²) < 4.78 is 0. The maximum atomic E-state index is 12.3. The van der Waals surface area contributed by atoms with Crippen LogP contribution in [0.5, 0.6) is 0 Å². The number of hydrogen-bond acceptors (Lipinski definition) is 5. The largest absolute Gasteiger partial charge is 0.333 e. The van der Waals surface area contributed by atoms with E-state index in [0.717, 1.165) is 0 Å². The van der Waals surface area contributed by atoms with Crippen molar-refractivity contribution >= 4 is 11.6 Å². The molecule has 0 saturated heterocycles. The number of hydrogen-bond donors (Lipinski definition) is 0. The highest BCUT2D eigenvalue weighted by Crippen LogP contribution is 2.20. The fourth-order valence-electron chi connectivity index (χ4n) is 1.93. The molecule has 0 N–H and O–H groups in total. The standard InChI is InChI=1S/C14H14N4O3/c1-2-17(14(19)12-9-15-7-8-16-12)10-11-5-3-4-6-13(11)18(20)21/h3-9H,2,10H2,1H3. The van der Waals surface area contributed by atoms with E-state index in [1.165, 1.54) is 29.6 Å². The van der Waals surface area contributed by atoms with Crippen molar-refractivity contribution in [1.82, 2.24) is 14.9 Å². The normalized spacial score (nSPS) is 10.1. The van der Waals surface area contributed by atoms with E-state index < -0.39 is 4.92 Å². The van der Waals surface area contributed by atoms with Gasteiger partial charge in [-0.05, 0) is 6.92 Å². The zero-order valence-electron chi connectivity index (χ0n) is 11.5. The smallest absolute Gasteiger partial charge is 0.274 e. The lowest BCUT2D eigenvalue weighted by Gasteiger charge is -2.20. The van der Waals surface area contributed by atoms with Gasteiger partial charge in [-0.3, -0.25) is 19.9 Å². The molecular weight excluding hydrogens is 272 g/mol. The summed E-state index contributed by atoms with van der Waals surface area (Å²) in [6.45, 7) is 2.38. The van der Waals surface area contributed by atoms with Gasteiger partial charge in [0, 0.05) is 30.6 Å². The predicted molar refractivity (Wildman–Crippen MR) is 75.5 cm³/mol. The highest BCUT2D eigenvalue weighted by Gasteiger charge is 2.20. The van der Waals surface area contributed by atoms with Gasteiger partial charge < -0.3 is 4.90 Å². The number of nitro groups is 1. The summed E-state index contributed by atoms with van der Waals surface area (Å²) in [6, 6.07) is 6.38. The Balaban J connectivity index is 2.24. The molecule has 0 aliphatic heterocycles. The van der Waals surface area contributed by atoms with Gasteiger partial charge in [-0.25, -0.2) is 4.98 Å². The lowest BCUT2D eigenvalue weighted by Crippen LogP contribution is -2.31. The Hall–Kier alpha value is -2.83. The molecule has 2 rings (SSSR count). The van der Waals surface area contributed by atoms with Gasteiger partial charge in [0.05, 0.1) is 17.7 Å². The number of carbonyl (C=O) groups excluding carboxylic acids is 1. The molecule has 0 saturated carbocycles. The van der Waals surface area contributed by atoms with Crippen LogP contribution in [0, 0.1) is 10.1 Å². The highest BCUT2D eigenvalue weighted by molar-refractivity contribution is 5.91. The fraction of sp³-hybridized carbons (Fsp3) is 0.214. The molecule has 1 aromatic heterocycles. The third-order valence-corrected chi connectivity index (χ3v) is 3.00. The molecule has 0 aliphatic rings. The average molecular weight is 286 g/mol. The molecule has 7 heteroatoms. The minimum absolute atomic E-state index is 0.00268. The number of para-hydroxylation sites is 1. The van der Waals surface area contributed by atoms with Crippen LogP contribution in [-0.2, 0) is 6.54 Å². The first-order valence-corrected chi connectivity index (χ1v) is 6.41. The number of aromatic nitrogens is 2. The lowest BCUT2D eigenvalue weighted by atomic mass is 10.1. The van der Waals surface area contributed by atoms with Crippen LogP contribution in [0.1, 0.15) is 23.0 Å². The van der Waals surface area contributed by atoms with Crippen molar-refractivity contribution in [3.8, 4) is 0 Å². The van der Waals surface area contributed by atoms with Crippen LogP contribution in [0.25, 0.3) is 0 Å². The zero-order chi connectivity index (χ0) is 15.2. The summed E-state index contributed by atoms with van der Waals surface area (Å²) in [5.41, 5.74) is 0.711. The first-order valence-electron chi connectivity index (χ1n) is 6.41. The molecule has 7 nitrogen and oxygen atoms in total. The zero-order valence-corrected chi connectivity index (χ0v) is 11.5. The molecule has 0 aliphatic carbocycles. The minimum Gasteiger partial charge on any atom is -0.333 e. The predicted octanol–water partition coefficient (Wildman–Crippen LogP) is 2.05. The highest BCUT2D eigenvalue weighted by atomic mass is 16.6. The van der Waals surface area contributed by atoms with Gasteiger partial charge in [0.15, 0.2) is 0 Å². The second kappa shape index (κ2) is 6.56. The van der Waals surface area contributed by atoms with Gasteiger partial charge in [0.25, 0.3) is 11.6 Å². The lowest BCUT2D eigenvalue weighted by molar-refractivity contribution is -0.385. The van der Waals surface area contributed by atoms with Crippen molar-refractivity contribution in [2.45, 2.75) is 13.5 Å². The molecule has 108 valence electrons. The number of benzene rings is 1. The third kappa shape index (κ3) is 3.38. The monoisotopic (exact) mass is 286 g/mol. The topological polar surface area (TPSA) is 89.2 Å². The van der Waals surface area contributed by atoms with Crippen molar-refractivity contribution in [2.75, 3.05) is 6.54 Å². The molecule has 0 spiro atoms. The number of amides is 1. The Labute approximate surface area is 121 Å². The van der Waals surface area contributed by atoms with E-state index in [1.54, 1.807) is 18.2 Å². The summed E-state index contributed by atoms with van der Waals surface area (Å²) in [7, 11) is 0. The van der Waals surface area contributed by atoms with Gasteiger partial charge in [-0.2, -0.15) is 0 Å². The van der Waals surface area contributed by atoms with Gasteiger partial charge in [0.2, 0.25) is 0 Å². The second-order valence-electron chi connectivity index (χ2n) is 4.30. The van der Waals surface area contributed by atoms with Crippen molar-refractivity contribution in [2.24, 2.45) is 0 Å². The fourth-order valence-corrected chi connectivity index (χ4v) is 1.93. The van der Waals surface area contributed by atoms with Gasteiger partial charge in [-0.15, -0.1) is 0 Å². The number of carbonyl (C=O) groups is 1. The molecule has 0 fully saturated rings. The van der Waals surface area contributed by atoms with Crippen LogP contribution in [0.3, 0.4) is 0 Å². The molecule has 1 aromatic carbocycles. The van der Waals surface area contributed by atoms with Crippen LogP contribution >= 0.6 is 0 Å². The SMILES string of the molecule is CCN(Cc1ccccc1[N+](=O)[O-])C(=O)c1cnccn1. The van der Waals surface area contributed by atoms with Crippen LogP contribution in [-0.4, -0.2) is 32.2 Å². The molecule has 1 amide bonds. The Morgan fingerprint density at radius 2 is 2.10 bits per heavy atom. The molecular formula is C14H14N4O3. The summed E-state index contributed by atoms with van der Waals surface area (Å²) in [5, 5.41) is 11.0. The maximum absolute atomic E-state index is 12.3. The van der Waals surface area contributed by atoms with Crippen molar-refractivity contribution in [3.63, 3.8) is 0 Å². The minimum atomic E-state index is -0.448. The van der Waals surface area contributed by atoms with Crippen LogP contribution in [0.15, 0.2) is 42.9 Å². The molecule has 1 heterocycles. The maximum Gasteiger partial charge on any atom is 0.274 e. The first kappa shape index (κ1) is 14.6. The van der Waals surface area contributed by atoms with Crippen molar-refractivity contribution in [3.05, 3.63) is 64.2 Å². The molecule has 21 heavy (non-hydrogen) atoms. The molecule has 0 radical (unpaired) electrons. The summed E-state index contributed by atoms with van der Waals surface area (Å²) in [6.07, 6.45) is 4.30. The summed E-state index contributed by atoms with van der Waals surface area (Å²) >= 11 is 0. The van der Waals surface area contributed by atoms with E-state index in [0.29, 0.717) is 12.1 Å². The Bertz CT molecular complexity index is 646.